The number of aliphatic hydroxyl groups excluding tert-OH is 1. The Morgan fingerprint density at radius 3 is 2.86 bits per heavy atom. The molecule has 0 aromatic carbocycles. The molecule has 2 aromatic rings. The number of aliphatic hydroxyl groups is 1. The maximum absolute atomic E-state index is 12.3. The zero-order valence-electron chi connectivity index (χ0n) is 16.0. The van der Waals surface area contributed by atoms with E-state index in [-0.39, 0.29) is 53.1 Å². The van der Waals surface area contributed by atoms with Crippen LogP contribution in [-0.2, 0) is 16.0 Å². The molecule has 1 fully saturated rings. The summed E-state index contributed by atoms with van der Waals surface area (Å²) >= 11 is 1.43. The molecule has 4 atom stereocenters. The number of thioether (sulfide) groups is 1. The number of amides is 1. The number of pyridine rings is 1. The van der Waals surface area contributed by atoms with E-state index in [1.54, 1.807) is 13.3 Å². The fourth-order valence-electron chi connectivity index (χ4n) is 4.16. The first-order valence-corrected chi connectivity index (χ1v) is 9.90. The van der Waals surface area contributed by atoms with Gasteiger partial charge in [-0.3, -0.25) is 4.79 Å². The van der Waals surface area contributed by atoms with E-state index in [2.05, 4.69) is 4.98 Å². The van der Waals surface area contributed by atoms with E-state index in [1.165, 1.54) is 16.7 Å². The minimum absolute atomic E-state index is 0. The van der Waals surface area contributed by atoms with Gasteiger partial charge in [-0.15, -0.1) is 11.8 Å². The van der Waals surface area contributed by atoms with Crippen molar-refractivity contribution in [3.8, 4) is 0 Å². The molecule has 2 aliphatic rings. The smallest absolute Gasteiger partial charge is 0.543 e. The number of nitrogens with zero attached hydrogens (tertiary/aromatic N) is 3. The van der Waals surface area contributed by atoms with Gasteiger partial charge in [0.05, 0.1) is 47.3 Å². The SMILES string of the molecule is CC(O)C1C(=O)N2C(C(=O)[O-])=C(SCCc3ncn4ccccc34)[C@H](C)C12.[Na+]. The number of hydrogen-bond donors (Lipinski definition) is 1. The van der Waals surface area contributed by atoms with Crippen LogP contribution < -0.4 is 34.7 Å². The molecule has 0 bridgehead atoms. The second-order valence-corrected chi connectivity index (χ2v) is 8.17. The van der Waals surface area contributed by atoms with Crippen molar-refractivity contribution in [2.24, 2.45) is 11.8 Å². The third-order valence-corrected chi connectivity index (χ3v) is 6.71. The van der Waals surface area contributed by atoms with Crippen molar-refractivity contribution < 1.29 is 49.4 Å². The molecule has 3 unspecified atom stereocenters. The number of hydrogen-bond acceptors (Lipinski definition) is 6. The Balaban J connectivity index is 0.00000225. The molecule has 0 saturated carbocycles. The van der Waals surface area contributed by atoms with Crippen molar-refractivity contribution in [3.63, 3.8) is 0 Å². The largest absolute Gasteiger partial charge is 1.00 e. The van der Waals surface area contributed by atoms with Crippen LogP contribution >= 0.6 is 11.8 Å². The number of fused-ring (bicyclic) bond motifs is 2. The van der Waals surface area contributed by atoms with Crippen molar-refractivity contribution in [2.75, 3.05) is 5.75 Å². The summed E-state index contributed by atoms with van der Waals surface area (Å²) in [5.74, 6) is -1.72. The Morgan fingerprint density at radius 2 is 2.18 bits per heavy atom. The summed E-state index contributed by atoms with van der Waals surface area (Å²) in [5, 5.41) is 21.6. The average Bonchev–Trinajstić information content (AvgIpc) is 3.13. The summed E-state index contributed by atoms with van der Waals surface area (Å²) in [6.07, 6.45) is 3.57. The molecule has 9 heteroatoms. The van der Waals surface area contributed by atoms with E-state index in [9.17, 15) is 19.8 Å². The van der Waals surface area contributed by atoms with Gasteiger partial charge in [0, 0.05) is 29.2 Å². The van der Waals surface area contributed by atoms with Gasteiger partial charge < -0.3 is 24.3 Å². The molecule has 1 N–H and O–H groups in total. The quantitative estimate of drug-likeness (QED) is 0.416. The molecule has 28 heavy (non-hydrogen) atoms. The third-order valence-electron chi connectivity index (χ3n) is 5.42. The molecule has 142 valence electrons. The summed E-state index contributed by atoms with van der Waals surface area (Å²) in [7, 11) is 0. The molecule has 4 rings (SSSR count). The molecular weight excluding hydrogens is 389 g/mol. The molecule has 4 heterocycles. The zero-order valence-corrected chi connectivity index (χ0v) is 18.8. The number of aliphatic carboxylic acids is 1. The maximum atomic E-state index is 12.3. The van der Waals surface area contributed by atoms with Crippen molar-refractivity contribution in [1.29, 1.82) is 0 Å². The fraction of sp³-hybridized carbons (Fsp3) is 0.421. The number of carbonyl (C=O) groups excluding carboxylic acids is 2. The van der Waals surface area contributed by atoms with E-state index in [0.29, 0.717) is 17.1 Å². The van der Waals surface area contributed by atoms with Gasteiger partial charge >= 0.3 is 29.6 Å². The predicted molar refractivity (Wildman–Crippen MR) is 98.4 cm³/mol. The summed E-state index contributed by atoms with van der Waals surface area (Å²) in [6.45, 7) is 3.48. The Bertz CT molecular complexity index is 958. The maximum Gasteiger partial charge on any atom is 1.00 e. The number of rotatable bonds is 6. The van der Waals surface area contributed by atoms with Crippen LogP contribution in [0.4, 0.5) is 0 Å². The van der Waals surface area contributed by atoms with Crippen molar-refractivity contribution in [2.45, 2.75) is 32.4 Å². The van der Waals surface area contributed by atoms with Crippen molar-refractivity contribution >= 4 is 29.2 Å². The topological polar surface area (TPSA) is 98.0 Å². The standard InChI is InChI=1S/C19H21N3O4S.Na/c1-10-15-14(11(2)23)18(24)22(15)16(19(25)26)17(10)27-8-6-12-13-5-3-4-7-21(13)9-20-12;/h3-5,7,9-11,14-15,23H,6,8H2,1-2H3,(H,25,26);/q;+1/p-1/t10-,11?,14?,15?;/m1./s1. The Morgan fingerprint density at radius 1 is 1.43 bits per heavy atom. The molecule has 0 spiro atoms. The normalized spacial score (nSPS) is 24.8. The summed E-state index contributed by atoms with van der Waals surface area (Å²) in [4.78, 5) is 30.4. The minimum Gasteiger partial charge on any atom is -0.543 e. The van der Waals surface area contributed by atoms with Crippen LogP contribution in [0.25, 0.3) is 5.52 Å². The van der Waals surface area contributed by atoms with Crippen LogP contribution in [0.2, 0.25) is 0 Å². The molecular formula is C19H20N3NaO4S. The van der Waals surface area contributed by atoms with Gasteiger partial charge in [0.25, 0.3) is 0 Å². The van der Waals surface area contributed by atoms with Gasteiger partial charge in [0.2, 0.25) is 5.91 Å². The number of carboxylic acids is 1. The van der Waals surface area contributed by atoms with Crippen LogP contribution in [0.3, 0.4) is 0 Å². The number of carbonyl (C=O) groups is 2. The van der Waals surface area contributed by atoms with E-state index < -0.39 is 18.0 Å². The number of aromatic nitrogens is 2. The molecule has 1 amide bonds. The first-order chi connectivity index (χ1) is 12.9. The Kier molecular flexibility index (Phi) is 6.26. The van der Waals surface area contributed by atoms with Gasteiger partial charge in [-0.25, -0.2) is 4.98 Å². The van der Waals surface area contributed by atoms with Crippen LogP contribution in [0.5, 0.6) is 0 Å². The molecule has 2 aromatic heterocycles. The minimum atomic E-state index is -1.34. The fourth-order valence-corrected chi connectivity index (χ4v) is 5.39. The second-order valence-electron chi connectivity index (χ2n) is 7.04. The zero-order chi connectivity index (χ0) is 19.3. The van der Waals surface area contributed by atoms with E-state index in [1.807, 2.05) is 35.7 Å². The molecule has 7 nitrogen and oxygen atoms in total. The van der Waals surface area contributed by atoms with Gasteiger partial charge in [0.15, 0.2) is 0 Å². The van der Waals surface area contributed by atoms with E-state index in [4.69, 9.17) is 0 Å². The van der Waals surface area contributed by atoms with Gasteiger partial charge in [-0.1, -0.05) is 13.0 Å². The number of carboxylic acid groups (broad SMARTS) is 1. The number of β-lactam (4-membered cyclic amide) rings is 1. The summed E-state index contributed by atoms with van der Waals surface area (Å²) < 4.78 is 1.95. The van der Waals surface area contributed by atoms with E-state index in [0.717, 1.165) is 11.2 Å². The van der Waals surface area contributed by atoms with Crippen LogP contribution in [0.15, 0.2) is 41.3 Å². The van der Waals surface area contributed by atoms with E-state index >= 15 is 0 Å². The first kappa shape index (κ1) is 21.4. The Hall–Kier alpha value is -1.32. The molecule has 2 aliphatic heterocycles. The van der Waals surface area contributed by atoms with Crippen LogP contribution in [0.1, 0.15) is 19.5 Å². The second kappa shape index (κ2) is 8.20. The van der Waals surface area contributed by atoms with Crippen LogP contribution in [-0.4, -0.2) is 49.2 Å². The molecule has 0 radical (unpaired) electrons. The summed E-state index contributed by atoms with van der Waals surface area (Å²) in [5.41, 5.74) is 1.94. The van der Waals surface area contributed by atoms with Gasteiger partial charge in [0.1, 0.15) is 0 Å². The first-order valence-electron chi connectivity index (χ1n) is 8.91. The van der Waals surface area contributed by atoms with Crippen LogP contribution in [0, 0.1) is 11.8 Å². The monoisotopic (exact) mass is 409 g/mol. The predicted octanol–water partition coefficient (Wildman–Crippen LogP) is -2.57. The van der Waals surface area contributed by atoms with Gasteiger partial charge in [-0.05, 0) is 19.1 Å². The van der Waals surface area contributed by atoms with Crippen molar-refractivity contribution in [1.82, 2.24) is 14.3 Å². The molecule has 0 aliphatic carbocycles. The average molecular weight is 409 g/mol. The molecule has 1 saturated heterocycles. The summed E-state index contributed by atoms with van der Waals surface area (Å²) in [6, 6.07) is 5.58. The number of imidazole rings is 1. The van der Waals surface area contributed by atoms with Gasteiger partial charge in [-0.2, -0.15) is 0 Å². The van der Waals surface area contributed by atoms with Crippen molar-refractivity contribution in [3.05, 3.63) is 47.0 Å². The Labute approximate surface area is 189 Å². The third kappa shape index (κ3) is 3.31. The number of aryl methyl sites for hydroxylation is 1.